The third-order valence-corrected chi connectivity index (χ3v) is 4.82. The van der Waals surface area contributed by atoms with Crippen molar-refractivity contribution >= 4 is 43.5 Å². The summed E-state index contributed by atoms with van der Waals surface area (Å²) >= 11 is 1.43. The van der Waals surface area contributed by atoms with E-state index in [4.69, 9.17) is 0 Å². The number of fused-ring (bicyclic) bond motifs is 3. The van der Waals surface area contributed by atoms with Gasteiger partial charge in [-0.2, -0.15) is 5.10 Å². The average Bonchev–Trinajstić information content (AvgIpc) is 3.17. The number of aromatic amines is 1. The zero-order valence-corrected chi connectivity index (χ0v) is 15.8. The number of nitrogens with one attached hydrogen (secondary N) is 3. The molecule has 3 N–H and O–H groups in total. The van der Waals surface area contributed by atoms with E-state index in [0.29, 0.717) is 10.8 Å². The summed E-state index contributed by atoms with van der Waals surface area (Å²) in [5, 5.41) is 14.6. The van der Waals surface area contributed by atoms with Crippen LogP contribution in [-0.2, 0) is 4.79 Å². The van der Waals surface area contributed by atoms with Gasteiger partial charge in [0.2, 0.25) is 0 Å². The van der Waals surface area contributed by atoms with E-state index in [2.05, 4.69) is 39.0 Å². The van der Waals surface area contributed by atoms with Crippen molar-refractivity contribution in [2.24, 2.45) is 0 Å². The van der Waals surface area contributed by atoms with Gasteiger partial charge in [-0.25, -0.2) is 4.98 Å². The van der Waals surface area contributed by atoms with Crippen LogP contribution in [-0.4, -0.2) is 26.6 Å². The predicted molar refractivity (Wildman–Crippen MR) is 108 cm³/mol. The van der Waals surface area contributed by atoms with E-state index in [9.17, 15) is 4.79 Å². The summed E-state index contributed by atoms with van der Waals surface area (Å²) < 4.78 is 0.992. The Labute approximate surface area is 155 Å². The molecule has 6 nitrogen and oxygen atoms in total. The summed E-state index contributed by atoms with van der Waals surface area (Å²) in [5.41, 5.74) is 2.48. The van der Waals surface area contributed by atoms with Gasteiger partial charge >= 0.3 is 0 Å². The number of nitrogens with zero attached hydrogens (tertiary/aromatic N) is 2. The largest absolute Gasteiger partial charge is 0.372 e. The van der Waals surface area contributed by atoms with Crippen LogP contribution in [0.15, 0.2) is 54.9 Å². The van der Waals surface area contributed by atoms with E-state index in [-0.39, 0.29) is 5.91 Å². The van der Waals surface area contributed by atoms with Gasteiger partial charge in [0.1, 0.15) is 5.54 Å². The number of allylic oxidation sites excluding steroid dienone is 3. The highest BCUT2D eigenvalue weighted by atomic mass is 32.1. The number of anilines is 1. The Hall–Kier alpha value is -2.93. The Morgan fingerprint density at radius 2 is 2.08 bits per heavy atom. The number of aromatic nitrogens is 3. The van der Waals surface area contributed by atoms with Gasteiger partial charge in [0.15, 0.2) is 5.13 Å². The van der Waals surface area contributed by atoms with Crippen LogP contribution in [0.4, 0.5) is 5.13 Å². The third kappa shape index (κ3) is 3.67. The molecular formula is C19H21N5OS. The van der Waals surface area contributed by atoms with Crippen LogP contribution in [0, 0.1) is 0 Å². The maximum Gasteiger partial charge on any atom is 0.251 e. The van der Waals surface area contributed by atoms with Crippen molar-refractivity contribution in [1.82, 2.24) is 20.5 Å². The van der Waals surface area contributed by atoms with Crippen LogP contribution in [0.3, 0.4) is 0 Å². The minimum Gasteiger partial charge on any atom is -0.372 e. The number of H-pyrrole nitrogens is 1. The molecule has 3 rings (SSSR count). The molecule has 7 heteroatoms. The highest BCUT2D eigenvalue weighted by Crippen LogP contribution is 2.32. The molecule has 1 amide bonds. The quantitative estimate of drug-likeness (QED) is 0.572. The normalized spacial score (nSPS) is 12.0. The average molecular weight is 367 g/mol. The SMILES string of the molecule is C=C(C)/C=C\C(=C)NC(C)(C)C(=O)Nc1nc2ccc3[nH]ncc3c2s1. The Balaban J connectivity index is 1.77. The standard InChI is InChI=1S/C19H21N5OS/c1-11(2)6-7-12(3)23-19(4,5)17(25)22-18-21-15-9-8-14-13(10-20-24-14)16(15)26-18/h6-10,23H,1,3H2,2,4-5H3,(H,20,24)(H,21,22,25)/b7-6-. The van der Waals surface area contributed by atoms with Crippen LogP contribution >= 0.6 is 11.3 Å². The number of amides is 1. The lowest BCUT2D eigenvalue weighted by molar-refractivity contribution is -0.120. The Morgan fingerprint density at radius 1 is 1.31 bits per heavy atom. The van der Waals surface area contributed by atoms with Gasteiger partial charge in [-0.15, -0.1) is 0 Å². The zero-order valence-electron chi connectivity index (χ0n) is 15.0. The molecule has 0 aliphatic heterocycles. The molecule has 2 heterocycles. The molecule has 0 radical (unpaired) electrons. The zero-order chi connectivity index (χ0) is 18.9. The van der Waals surface area contributed by atoms with Gasteiger partial charge in [0.05, 0.1) is 21.9 Å². The van der Waals surface area contributed by atoms with Gasteiger partial charge < -0.3 is 5.32 Å². The van der Waals surface area contributed by atoms with Crippen molar-refractivity contribution in [1.29, 1.82) is 0 Å². The Bertz CT molecular complexity index is 1040. The van der Waals surface area contributed by atoms with Gasteiger partial charge in [0.25, 0.3) is 5.91 Å². The fourth-order valence-electron chi connectivity index (χ4n) is 2.45. The summed E-state index contributed by atoms with van der Waals surface area (Å²) in [6, 6.07) is 3.84. The van der Waals surface area contributed by atoms with Crippen LogP contribution in [0.5, 0.6) is 0 Å². The third-order valence-electron chi connectivity index (χ3n) is 3.80. The molecular weight excluding hydrogens is 346 g/mol. The smallest absolute Gasteiger partial charge is 0.251 e. The first-order valence-corrected chi connectivity index (χ1v) is 8.93. The van der Waals surface area contributed by atoms with Crippen molar-refractivity contribution in [2.75, 3.05) is 5.32 Å². The molecule has 0 aliphatic carbocycles. The molecule has 0 bridgehead atoms. The molecule has 0 saturated heterocycles. The molecule has 0 spiro atoms. The highest BCUT2D eigenvalue weighted by Gasteiger charge is 2.28. The minimum atomic E-state index is -0.848. The molecule has 3 aromatic rings. The fourth-order valence-corrected chi connectivity index (χ4v) is 3.43. The van der Waals surface area contributed by atoms with Crippen molar-refractivity contribution in [3.05, 3.63) is 54.9 Å². The molecule has 0 aliphatic rings. The van der Waals surface area contributed by atoms with Gasteiger partial charge in [-0.1, -0.05) is 36.1 Å². The molecule has 0 atom stereocenters. The second-order valence-electron chi connectivity index (χ2n) is 6.67. The number of carbonyl (C=O) groups is 1. The number of carbonyl (C=O) groups excluding carboxylic acids is 1. The highest BCUT2D eigenvalue weighted by molar-refractivity contribution is 7.23. The van der Waals surface area contributed by atoms with Crippen LogP contribution in [0.1, 0.15) is 20.8 Å². The second kappa shape index (κ2) is 6.76. The lowest BCUT2D eigenvalue weighted by Crippen LogP contribution is -2.48. The lowest BCUT2D eigenvalue weighted by atomic mass is 10.0. The van der Waals surface area contributed by atoms with E-state index in [1.807, 2.05) is 25.1 Å². The van der Waals surface area contributed by atoms with E-state index >= 15 is 0 Å². The van der Waals surface area contributed by atoms with Gasteiger partial charge in [-0.05, 0) is 39.0 Å². The summed E-state index contributed by atoms with van der Waals surface area (Å²) in [5.74, 6) is -0.190. The van der Waals surface area contributed by atoms with Crippen molar-refractivity contribution in [3.63, 3.8) is 0 Å². The Kier molecular flexibility index (Phi) is 4.65. The molecule has 0 saturated carbocycles. The van der Waals surface area contributed by atoms with Crippen molar-refractivity contribution in [2.45, 2.75) is 26.3 Å². The van der Waals surface area contributed by atoms with E-state index in [1.165, 1.54) is 11.3 Å². The number of hydrogen-bond donors (Lipinski definition) is 3. The summed E-state index contributed by atoms with van der Waals surface area (Å²) in [6.07, 6.45) is 5.41. The van der Waals surface area contributed by atoms with Crippen LogP contribution in [0.2, 0.25) is 0 Å². The maximum atomic E-state index is 12.7. The first-order valence-electron chi connectivity index (χ1n) is 8.11. The fraction of sp³-hybridized carbons (Fsp3) is 0.211. The van der Waals surface area contributed by atoms with Crippen molar-refractivity contribution < 1.29 is 4.79 Å². The number of benzene rings is 1. The first-order chi connectivity index (χ1) is 12.3. The van der Waals surface area contributed by atoms with Crippen LogP contribution < -0.4 is 10.6 Å². The maximum absolute atomic E-state index is 12.7. The van der Waals surface area contributed by atoms with E-state index in [1.54, 1.807) is 26.1 Å². The summed E-state index contributed by atoms with van der Waals surface area (Å²) in [7, 11) is 0. The molecule has 2 aromatic heterocycles. The predicted octanol–water partition coefficient (Wildman–Crippen LogP) is 4.13. The molecule has 134 valence electrons. The van der Waals surface area contributed by atoms with Gasteiger partial charge in [0, 0.05) is 11.1 Å². The molecule has 1 aromatic carbocycles. The van der Waals surface area contributed by atoms with E-state index < -0.39 is 5.54 Å². The first kappa shape index (κ1) is 17.9. The molecule has 26 heavy (non-hydrogen) atoms. The number of rotatable bonds is 6. The molecule has 0 unspecified atom stereocenters. The number of thiazole rings is 1. The van der Waals surface area contributed by atoms with Crippen molar-refractivity contribution in [3.8, 4) is 0 Å². The van der Waals surface area contributed by atoms with Crippen LogP contribution in [0.25, 0.3) is 21.1 Å². The van der Waals surface area contributed by atoms with E-state index in [0.717, 1.165) is 26.7 Å². The summed E-state index contributed by atoms with van der Waals surface area (Å²) in [6.45, 7) is 13.2. The summed E-state index contributed by atoms with van der Waals surface area (Å²) in [4.78, 5) is 17.2. The topological polar surface area (TPSA) is 82.7 Å². The van der Waals surface area contributed by atoms with Gasteiger partial charge in [-0.3, -0.25) is 15.2 Å². The Morgan fingerprint density at radius 3 is 2.81 bits per heavy atom. The second-order valence-corrected chi connectivity index (χ2v) is 7.67. The number of hydrogen-bond acceptors (Lipinski definition) is 5. The minimum absolute atomic E-state index is 0.190. The lowest BCUT2D eigenvalue weighted by Gasteiger charge is -2.25. The molecule has 0 fully saturated rings. The monoisotopic (exact) mass is 367 g/mol.